The minimum atomic E-state index is -0.573. The van der Waals surface area contributed by atoms with E-state index in [9.17, 15) is 9.59 Å². The molecule has 3 fully saturated rings. The maximum Gasteiger partial charge on any atom is 0.312 e. The first-order valence-electron chi connectivity index (χ1n) is 7.76. The van der Waals surface area contributed by atoms with E-state index in [-0.39, 0.29) is 35.5 Å². The van der Waals surface area contributed by atoms with E-state index in [2.05, 4.69) is 0 Å². The van der Waals surface area contributed by atoms with Gasteiger partial charge in [0.25, 0.3) is 0 Å². The first-order chi connectivity index (χ1) is 9.69. The second kappa shape index (κ2) is 4.45. The zero-order chi connectivity index (χ0) is 15.6. The molecule has 5 nitrogen and oxygen atoms in total. The molecule has 6 unspecified atom stereocenters. The van der Waals surface area contributed by atoms with Crippen LogP contribution >= 0.6 is 0 Å². The van der Waals surface area contributed by atoms with Gasteiger partial charge in [0.1, 0.15) is 6.10 Å². The number of fused-ring (bicyclic) bond motifs is 1. The highest BCUT2D eigenvalue weighted by atomic mass is 16.7. The third kappa shape index (κ3) is 1.93. The average Bonchev–Trinajstić information content (AvgIpc) is 3.00. The molecule has 0 aromatic heterocycles. The van der Waals surface area contributed by atoms with Crippen LogP contribution in [-0.2, 0) is 23.8 Å². The number of hydrogen-bond donors (Lipinski definition) is 0. The fourth-order valence-corrected chi connectivity index (χ4v) is 3.62. The van der Waals surface area contributed by atoms with Gasteiger partial charge in [-0.2, -0.15) is 0 Å². The van der Waals surface area contributed by atoms with Crippen LogP contribution in [0.3, 0.4) is 0 Å². The van der Waals surface area contributed by atoms with Crippen LogP contribution in [0.4, 0.5) is 0 Å². The van der Waals surface area contributed by atoms with Crippen LogP contribution in [0.5, 0.6) is 0 Å². The molecule has 5 heteroatoms. The van der Waals surface area contributed by atoms with Gasteiger partial charge in [0.05, 0.1) is 17.4 Å². The van der Waals surface area contributed by atoms with E-state index in [1.165, 1.54) is 0 Å². The third-order valence-electron chi connectivity index (χ3n) is 5.84. The number of hydrogen-bond acceptors (Lipinski definition) is 5. The van der Waals surface area contributed by atoms with Crippen molar-refractivity contribution in [3.05, 3.63) is 0 Å². The van der Waals surface area contributed by atoms with Crippen molar-refractivity contribution in [1.82, 2.24) is 0 Å². The highest BCUT2D eigenvalue weighted by molar-refractivity contribution is 5.79. The highest BCUT2D eigenvalue weighted by Crippen LogP contribution is 2.49. The zero-order valence-corrected chi connectivity index (χ0v) is 13.3. The molecule has 0 spiro atoms. The lowest BCUT2D eigenvalue weighted by Crippen LogP contribution is -2.47. The number of ether oxygens (including phenoxy) is 3. The lowest BCUT2D eigenvalue weighted by Gasteiger charge is -2.40. The van der Waals surface area contributed by atoms with Gasteiger partial charge in [-0.1, -0.05) is 27.7 Å². The smallest absolute Gasteiger partial charge is 0.312 e. The van der Waals surface area contributed by atoms with Crippen LogP contribution in [0.1, 0.15) is 47.5 Å². The molecule has 0 radical (unpaired) electrons. The molecule has 21 heavy (non-hydrogen) atoms. The summed E-state index contributed by atoms with van der Waals surface area (Å²) in [6.45, 7) is 10.1. The summed E-state index contributed by atoms with van der Waals surface area (Å²) in [4.78, 5) is 24.4. The fraction of sp³-hybridized carbons (Fsp3) is 0.875. The van der Waals surface area contributed by atoms with Gasteiger partial charge in [0, 0.05) is 0 Å². The summed E-state index contributed by atoms with van der Waals surface area (Å²) in [7, 11) is 0. The summed E-state index contributed by atoms with van der Waals surface area (Å²) in [5, 5.41) is 0. The minimum Gasteiger partial charge on any atom is -0.455 e. The number of esters is 2. The van der Waals surface area contributed by atoms with E-state index < -0.39 is 17.6 Å². The van der Waals surface area contributed by atoms with Gasteiger partial charge in [-0.15, -0.1) is 0 Å². The van der Waals surface area contributed by atoms with Crippen molar-refractivity contribution in [2.24, 2.45) is 16.7 Å². The molecule has 3 aliphatic rings. The largest absolute Gasteiger partial charge is 0.455 e. The molecule has 0 aromatic carbocycles. The molecule has 3 heterocycles. The second-order valence-electron chi connectivity index (χ2n) is 7.69. The third-order valence-corrected chi connectivity index (χ3v) is 5.84. The van der Waals surface area contributed by atoms with Gasteiger partial charge < -0.3 is 14.2 Å². The van der Waals surface area contributed by atoms with Gasteiger partial charge in [0.2, 0.25) is 0 Å². The van der Waals surface area contributed by atoms with Crippen LogP contribution in [-0.4, -0.2) is 36.4 Å². The van der Waals surface area contributed by atoms with E-state index in [1.807, 2.05) is 34.6 Å². The molecule has 3 saturated heterocycles. The summed E-state index contributed by atoms with van der Waals surface area (Å²) in [6.07, 6.45) is 0.0365. The van der Waals surface area contributed by atoms with Crippen molar-refractivity contribution < 1.29 is 23.8 Å². The van der Waals surface area contributed by atoms with Crippen molar-refractivity contribution in [1.29, 1.82) is 0 Å². The average molecular weight is 296 g/mol. The second-order valence-corrected chi connectivity index (χ2v) is 7.69. The van der Waals surface area contributed by atoms with E-state index in [0.29, 0.717) is 12.8 Å². The molecule has 6 atom stereocenters. The van der Waals surface area contributed by atoms with Crippen molar-refractivity contribution in [2.75, 3.05) is 0 Å². The zero-order valence-electron chi connectivity index (χ0n) is 13.3. The Morgan fingerprint density at radius 3 is 2.52 bits per heavy atom. The monoisotopic (exact) mass is 296 g/mol. The number of rotatable bonds is 3. The molecule has 3 aliphatic heterocycles. The summed E-state index contributed by atoms with van der Waals surface area (Å²) < 4.78 is 16.9. The minimum absolute atomic E-state index is 0.157. The van der Waals surface area contributed by atoms with Crippen molar-refractivity contribution in [3.63, 3.8) is 0 Å². The predicted molar refractivity (Wildman–Crippen MR) is 74.4 cm³/mol. The Bertz CT molecular complexity index is 480. The van der Waals surface area contributed by atoms with Crippen LogP contribution in [0.25, 0.3) is 0 Å². The lowest BCUT2D eigenvalue weighted by atomic mass is 9.66. The normalized spacial score (nSPS) is 40.0. The van der Waals surface area contributed by atoms with Gasteiger partial charge in [-0.05, 0) is 25.2 Å². The van der Waals surface area contributed by atoms with E-state index >= 15 is 0 Å². The number of carbonyl (C=O) groups is 2. The lowest BCUT2D eigenvalue weighted by molar-refractivity contribution is -0.176. The topological polar surface area (TPSA) is 61.8 Å². The molecule has 0 saturated carbocycles. The summed E-state index contributed by atoms with van der Waals surface area (Å²) in [5.41, 5.74) is -0.775. The van der Waals surface area contributed by atoms with Gasteiger partial charge in [-0.25, -0.2) is 0 Å². The maximum atomic E-state index is 12.7. The van der Waals surface area contributed by atoms with Crippen molar-refractivity contribution >= 4 is 11.9 Å². The Balaban J connectivity index is 1.76. The standard InChI is InChI=1S/C16H24O5/c1-6-16(5,15(2,3)4)14(18)21-11-9-7-8-10(19-9)12(11)20-13(8)17/h8-12H,6-7H2,1-5H3. The first kappa shape index (κ1) is 14.8. The molecule has 0 N–H and O–H groups in total. The van der Waals surface area contributed by atoms with E-state index in [0.717, 1.165) is 0 Å². The quantitative estimate of drug-likeness (QED) is 0.746. The first-order valence-corrected chi connectivity index (χ1v) is 7.76. The van der Waals surface area contributed by atoms with E-state index in [1.54, 1.807) is 0 Å². The molecular formula is C16H24O5. The van der Waals surface area contributed by atoms with Gasteiger partial charge in [0.15, 0.2) is 12.2 Å². The molecule has 0 amide bonds. The molecular weight excluding hydrogens is 272 g/mol. The predicted octanol–water partition coefficient (Wildman–Crippen LogP) is 2.07. The molecule has 3 rings (SSSR count). The molecule has 2 bridgehead atoms. The molecule has 0 aromatic rings. The SMILES string of the molecule is CCC(C)(C(=O)OC1C2CC3C(=O)OC1C3O2)C(C)(C)C. The fourth-order valence-electron chi connectivity index (χ4n) is 3.62. The van der Waals surface area contributed by atoms with Crippen LogP contribution in [0, 0.1) is 16.7 Å². The Kier molecular flexibility index (Phi) is 3.14. The van der Waals surface area contributed by atoms with Gasteiger partial charge in [-0.3, -0.25) is 9.59 Å². The summed E-state index contributed by atoms with van der Waals surface area (Å²) in [5.74, 6) is -0.589. The van der Waals surface area contributed by atoms with Crippen LogP contribution < -0.4 is 0 Å². The maximum absolute atomic E-state index is 12.7. The van der Waals surface area contributed by atoms with Crippen LogP contribution in [0.2, 0.25) is 0 Å². The van der Waals surface area contributed by atoms with Crippen LogP contribution in [0.15, 0.2) is 0 Å². The van der Waals surface area contributed by atoms with Gasteiger partial charge >= 0.3 is 11.9 Å². The summed E-state index contributed by atoms with van der Waals surface area (Å²) in [6, 6.07) is 0. The Morgan fingerprint density at radius 2 is 1.95 bits per heavy atom. The number of carbonyl (C=O) groups excluding carboxylic acids is 2. The Morgan fingerprint density at radius 1 is 1.29 bits per heavy atom. The summed E-state index contributed by atoms with van der Waals surface area (Å²) >= 11 is 0. The molecule has 0 aliphatic carbocycles. The Labute approximate surface area is 125 Å². The molecule has 118 valence electrons. The van der Waals surface area contributed by atoms with Crippen molar-refractivity contribution in [3.8, 4) is 0 Å². The van der Waals surface area contributed by atoms with Crippen molar-refractivity contribution in [2.45, 2.75) is 71.9 Å². The Hall–Kier alpha value is -1.10. The van der Waals surface area contributed by atoms with E-state index in [4.69, 9.17) is 14.2 Å². The highest BCUT2D eigenvalue weighted by Gasteiger charge is 2.65.